The van der Waals surface area contributed by atoms with E-state index in [1.54, 1.807) is 0 Å². The van der Waals surface area contributed by atoms with Crippen LogP contribution in [0.3, 0.4) is 0 Å². The third-order valence-electron chi connectivity index (χ3n) is 7.06. The molecular formula is C27H42N2O10. The van der Waals surface area contributed by atoms with Gasteiger partial charge in [0.05, 0.1) is 65.9 Å². The Kier molecular flexibility index (Phi) is 13.7. The van der Waals surface area contributed by atoms with Crippen LogP contribution in [-0.4, -0.2) is 94.9 Å². The second-order valence-corrected chi connectivity index (χ2v) is 9.93. The first-order valence-corrected chi connectivity index (χ1v) is 13.9. The van der Waals surface area contributed by atoms with Gasteiger partial charge in [-0.15, -0.1) is 5.06 Å². The fourth-order valence-corrected chi connectivity index (χ4v) is 4.82. The van der Waals surface area contributed by atoms with E-state index < -0.39 is 17.8 Å². The molecule has 1 heterocycles. The summed E-state index contributed by atoms with van der Waals surface area (Å²) in [5.74, 6) is 0.204. The van der Waals surface area contributed by atoms with Crippen molar-refractivity contribution in [3.63, 3.8) is 0 Å². The van der Waals surface area contributed by atoms with Crippen LogP contribution in [0.4, 0.5) is 4.79 Å². The molecule has 0 spiro atoms. The normalized spacial score (nSPS) is 23.9. The van der Waals surface area contributed by atoms with Crippen LogP contribution in [0.15, 0.2) is 11.6 Å². The Labute approximate surface area is 229 Å². The number of rotatable bonds is 18. The lowest BCUT2D eigenvalue weighted by molar-refractivity contribution is -0.198. The standard InChI is InChI=1S/C27H42N2O10/c1-20-3-2-4-21-22(6-5-20)23(21)19-38-27(33)28-10-12-35-14-16-37-18-17-36-15-13-34-11-9-26(32)39-29-24(30)7-8-25(29)31/h3,21-23H,2,4-19H2,1H3,(H,28,33)/b20-3-/t21-,22+,23-/m0/s1. The van der Waals surface area contributed by atoms with E-state index in [1.165, 1.54) is 18.4 Å². The zero-order valence-electron chi connectivity index (χ0n) is 22.9. The van der Waals surface area contributed by atoms with Gasteiger partial charge in [-0.25, -0.2) is 9.59 Å². The van der Waals surface area contributed by atoms with Crippen molar-refractivity contribution < 1.29 is 47.7 Å². The van der Waals surface area contributed by atoms with Crippen molar-refractivity contribution in [1.82, 2.24) is 10.4 Å². The number of alkyl carbamates (subject to hydrolysis) is 1. The lowest BCUT2D eigenvalue weighted by atomic mass is 10.0. The molecule has 3 atom stereocenters. The van der Waals surface area contributed by atoms with E-state index in [9.17, 15) is 19.2 Å². The predicted octanol–water partition coefficient (Wildman–Crippen LogP) is 2.16. The van der Waals surface area contributed by atoms with Gasteiger partial charge in [0.2, 0.25) is 0 Å². The third-order valence-corrected chi connectivity index (χ3v) is 7.06. The Bertz CT molecular complexity index is 832. The van der Waals surface area contributed by atoms with Crippen LogP contribution in [-0.2, 0) is 42.9 Å². The van der Waals surface area contributed by atoms with Gasteiger partial charge in [0.25, 0.3) is 11.8 Å². The highest BCUT2D eigenvalue weighted by Crippen LogP contribution is 2.53. The SMILES string of the molecule is C/C1=C/CC[C@H]2[C@@H](CC1)[C@H]2COC(=O)NCCOCCOCCOCCOCCC(=O)ON1C(=O)CCC1=O. The fourth-order valence-electron chi connectivity index (χ4n) is 4.82. The molecule has 0 radical (unpaired) electrons. The van der Waals surface area contributed by atoms with Crippen molar-refractivity contribution in [2.24, 2.45) is 17.8 Å². The number of carbonyl (C=O) groups is 4. The van der Waals surface area contributed by atoms with Gasteiger partial charge in [-0.3, -0.25) is 9.59 Å². The summed E-state index contributed by atoms with van der Waals surface area (Å²) < 4.78 is 26.9. The average Bonchev–Trinajstić information content (AvgIpc) is 3.47. The predicted molar refractivity (Wildman–Crippen MR) is 137 cm³/mol. The second kappa shape index (κ2) is 17.2. The Morgan fingerprint density at radius 2 is 1.44 bits per heavy atom. The number of nitrogens with zero attached hydrogens (tertiary/aromatic N) is 1. The van der Waals surface area contributed by atoms with Crippen LogP contribution >= 0.6 is 0 Å². The molecule has 12 nitrogen and oxygen atoms in total. The van der Waals surface area contributed by atoms with Crippen molar-refractivity contribution in [2.75, 3.05) is 66.0 Å². The maximum atomic E-state index is 11.9. The molecule has 12 heteroatoms. The number of carbonyl (C=O) groups excluding carboxylic acids is 4. The quantitative estimate of drug-likeness (QED) is 0.152. The number of nitrogens with one attached hydrogen (secondary N) is 1. The molecule has 2 fully saturated rings. The van der Waals surface area contributed by atoms with Gasteiger partial charge in [0, 0.05) is 19.4 Å². The van der Waals surface area contributed by atoms with Gasteiger partial charge in [-0.05, 0) is 50.4 Å². The molecule has 0 aromatic rings. The van der Waals surface area contributed by atoms with Gasteiger partial charge >= 0.3 is 12.1 Å². The minimum absolute atomic E-state index is 0.0611. The first-order chi connectivity index (χ1) is 19.0. The van der Waals surface area contributed by atoms with Gasteiger partial charge in [0.15, 0.2) is 0 Å². The lowest BCUT2D eigenvalue weighted by Crippen LogP contribution is -2.32. The summed E-state index contributed by atoms with van der Waals surface area (Å²) in [7, 11) is 0. The van der Waals surface area contributed by atoms with Crippen LogP contribution in [0.1, 0.15) is 51.9 Å². The van der Waals surface area contributed by atoms with E-state index in [2.05, 4.69) is 18.3 Å². The first kappa shape index (κ1) is 31.0. The molecular weight excluding hydrogens is 512 g/mol. The molecule has 1 aliphatic heterocycles. The summed E-state index contributed by atoms with van der Waals surface area (Å²) in [6, 6.07) is 0. The number of ether oxygens (including phenoxy) is 5. The maximum absolute atomic E-state index is 11.9. The van der Waals surface area contributed by atoms with E-state index >= 15 is 0 Å². The number of hydrogen-bond donors (Lipinski definition) is 1. The van der Waals surface area contributed by atoms with Crippen molar-refractivity contribution in [1.29, 1.82) is 0 Å². The van der Waals surface area contributed by atoms with Crippen molar-refractivity contribution in [3.05, 3.63) is 11.6 Å². The summed E-state index contributed by atoms with van der Waals surface area (Å²) >= 11 is 0. The van der Waals surface area contributed by atoms with E-state index in [4.69, 9.17) is 28.5 Å². The van der Waals surface area contributed by atoms with Crippen LogP contribution in [0.5, 0.6) is 0 Å². The van der Waals surface area contributed by atoms with Gasteiger partial charge in [0.1, 0.15) is 0 Å². The number of hydrogen-bond acceptors (Lipinski definition) is 10. The van der Waals surface area contributed by atoms with Crippen LogP contribution < -0.4 is 5.32 Å². The molecule has 39 heavy (non-hydrogen) atoms. The molecule has 3 amide bonds. The molecule has 3 aliphatic rings. The largest absolute Gasteiger partial charge is 0.449 e. The van der Waals surface area contributed by atoms with E-state index in [-0.39, 0.29) is 38.6 Å². The molecule has 0 aromatic heterocycles. The molecule has 1 N–H and O–H groups in total. The Hall–Kier alpha value is -2.54. The summed E-state index contributed by atoms with van der Waals surface area (Å²) in [5, 5.41) is 3.24. The first-order valence-electron chi connectivity index (χ1n) is 13.9. The minimum atomic E-state index is -0.699. The Morgan fingerprint density at radius 1 is 0.846 bits per heavy atom. The Balaban J connectivity index is 1.02. The highest BCUT2D eigenvalue weighted by molar-refractivity contribution is 6.01. The zero-order valence-corrected chi connectivity index (χ0v) is 22.9. The summed E-state index contributed by atoms with van der Waals surface area (Å²) in [6.07, 6.45) is 6.70. The average molecular weight is 555 g/mol. The Morgan fingerprint density at radius 3 is 2.10 bits per heavy atom. The van der Waals surface area contributed by atoms with Gasteiger partial charge < -0.3 is 33.8 Å². The topological polar surface area (TPSA) is 139 Å². The number of fused-ring (bicyclic) bond motifs is 1. The number of imide groups is 1. The molecule has 0 unspecified atom stereocenters. The van der Waals surface area contributed by atoms with Crippen LogP contribution in [0.25, 0.3) is 0 Å². The molecule has 1 saturated carbocycles. The highest BCUT2D eigenvalue weighted by Gasteiger charge is 2.49. The lowest BCUT2D eigenvalue weighted by Gasteiger charge is -2.12. The maximum Gasteiger partial charge on any atom is 0.407 e. The summed E-state index contributed by atoms with van der Waals surface area (Å²) in [6.45, 7) is 5.78. The highest BCUT2D eigenvalue weighted by atomic mass is 16.7. The van der Waals surface area contributed by atoms with E-state index in [0.717, 1.165) is 12.8 Å². The minimum Gasteiger partial charge on any atom is -0.449 e. The summed E-state index contributed by atoms with van der Waals surface area (Å²) in [4.78, 5) is 51.0. The molecule has 0 aromatic carbocycles. The monoisotopic (exact) mass is 554 g/mol. The van der Waals surface area contributed by atoms with Crippen LogP contribution in [0.2, 0.25) is 0 Å². The molecule has 2 aliphatic carbocycles. The van der Waals surface area contributed by atoms with Gasteiger partial charge in [-0.1, -0.05) is 11.6 Å². The van der Waals surface area contributed by atoms with Crippen molar-refractivity contribution >= 4 is 23.9 Å². The smallest absolute Gasteiger partial charge is 0.407 e. The van der Waals surface area contributed by atoms with Crippen molar-refractivity contribution in [2.45, 2.75) is 51.9 Å². The number of amides is 3. The van der Waals surface area contributed by atoms with Crippen LogP contribution in [0, 0.1) is 17.8 Å². The van der Waals surface area contributed by atoms with Crippen molar-refractivity contribution in [3.8, 4) is 0 Å². The number of hydroxylamine groups is 2. The third kappa shape index (κ3) is 11.6. The van der Waals surface area contributed by atoms with E-state index in [0.29, 0.717) is 75.6 Å². The number of allylic oxidation sites excluding steroid dienone is 2. The fraction of sp³-hybridized carbons (Fsp3) is 0.778. The molecule has 3 rings (SSSR count). The van der Waals surface area contributed by atoms with E-state index in [1.807, 2.05) is 0 Å². The summed E-state index contributed by atoms with van der Waals surface area (Å²) in [5.41, 5.74) is 1.48. The molecule has 220 valence electrons. The molecule has 1 saturated heterocycles. The van der Waals surface area contributed by atoms with Gasteiger partial charge in [-0.2, -0.15) is 0 Å². The second-order valence-electron chi connectivity index (χ2n) is 9.93. The molecule has 0 bridgehead atoms. The zero-order chi connectivity index (χ0) is 27.9.